The molecule has 2 unspecified atom stereocenters. The maximum absolute atomic E-state index is 9.43. The number of hydrogen-bond donors (Lipinski definition) is 1. The molecular weight excluding hydrogens is 232 g/mol. The van der Waals surface area contributed by atoms with Crippen LogP contribution in [0, 0.1) is 34.5 Å². The highest BCUT2D eigenvalue weighted by atomic mass is 16.3. The van der Waals surface area contributed by atoms with Crippen LogP contribution in [0.25, 0.3) is 0 Å². The lowest BCUT2D eigenvalue weighted by atomic mass is 9.74. The minimum absolute atomic E-state index is 0.207. The molecule has 19 heavy (non-hydrogen) atoms. The van der Waals surface area contributed by atoms with Gasteiger partial charge in [0.25, 0.3) is 0 Å². The van der Waals surface area contributed by atoms with Crippen molar-refractivity contribution in [2.45, 2.75) is 73.1 Å². The lowest BCUT2D eigenvalue weighted by Gasteiger charge is -2.32. The monoisotopic (exact) mass is 264 g/mol. The molecule has 0 spiro atoms. The molecule has 110 valence electrons. The molecule has 0 aromatic rings. The topological polar surface area (TPSA) is 20.2 Å². The van der Waals surface area contributed by atoms with Gasteiger partial charge in [0.2, 0.25) is 0 Å². The average molecular weight is 264 g/mol. The van der Waals surface area contributed by atoms with Gasteiger partial charge in [-0.2, -0.15) is 0 Å². The highest BCUT2D eigenvalue weighted by Gasteiger charge is 2.41. The van der Waals surface area contributed by atoms with Crippen LogP contribution in [0.1, 0.15) is 73.1 Å². The van der Waals surface area contributed by atoms with Gasteiger partial charge in [-0.15, -0.1) is 5.92 Å². The SMILES string of the molecule is CCC(C)(C#CCCC1CCC(CO)C1(C)C)CC. The minimum atomic E-state index is 0.207. The zero-order valence-electron chi connectivity index (χ0n) is 13.6. The summed E-state index contributed by atoms with van der Waals surface area (Å²) in [5.74, 6) is 8.10. The molecule has 0 heterocycles. The first-order valence-electron chi connectivity index (χ1n) is 8.00. The van der Waals surface area contributed by atoms with Gasteiger partial charge < -0.3 is 5.11 Å². The van der Waals surface area contributed by atoms with Crippen LogP contribution in [-0.4, -0.2) is 11.7 Å². The van der Waals surface area contributed by atoms with Crippen LogP contribution in [0.2, 0.25) is 0 Å². The second kappa shape index (κ2) is 6.80. The Balaban J connectivity index is 2.49. The summed E-state index contributed by atoms with van der Waals surface area (Å²) in [6, 6.07) is 0. The normalized spacial score (nSPS) is 26.0. The Hall–Kier alpha value is -0.480. The van der Waals surface area contributed by atoms with E-state index in [0.717, 1.165) is 25.2 Å². The van der Waals surface area contributed by atoms with Gasteiger partial charge in [0.1, 0.15) is 0 Å². The Kier molecular flexibility index (Phi) is 5.93. The van der Waals surface area contributed by atoms with Crippen molar-refractivity contribution in [3.05, 3.63) is 0 Å². The van der Waals surface area contributed by atoms with E-state index in [9.17, 15) is 5.11 Å². The van der Waals surface area contributed by atoms with Crippen LogP contribution in [0.4, 0.5) is 0 Å². The Bertz CT molecular complexity index is 327. The second-order valence-corrected chi connectivity index (χ2v) is 7.08. The van der Waals surface area contributed by atoms with Gasteiger partial charge in [-0.25, -0.2) is 0 Å². The fraction of sp³-hybridized carbons (Fsp3) is 0.889. The van der Waals surface area contributed by atoms with Gasteiger partial charge in [0.05, 0.1) is 0 Å². The first-order chi connectivity index (χ1) is 8.89. The number of aliphatic hydroxyl groups excluding tert-OH is 1. The largest absolute Gasteiger partial charge is 0.396 e. The van der Waals surface area contributed by atoms with E-state index < -0.39 is 0 Å². The van der Waals surface area contributed by atoms with E-state index in [1.165, 1.54) is 19.3 Å². The van der Waals surface area contributed by atoms with Gasteiger partial charge in [-0.3, -0.25) is 0 Å². The molecule has 0 aromatic heterocycles. The van der Waals surface area contributed by atoms with E-state index in [1.807, 2.05) is 0 Å². The Morgan fingerprint density at radius 1 is 1.16 bits per heavy atom. The maximum Gasteiger partial charge on any atom is 0.0464 e. The summed E-state index contributed by atoms with van der Waals surface area (Å²) in [6.45, 7) is 11.7. The van der Waals surface area contributed by atoms with Crippen LogP contribution in [0.3, 0.4) is 0 Å². The first kappa shape index (κ1) is 16.6. The van der Waals surface area contributed by atoms with E-state index in [1.54, 1.807) is 0 Å². The fourth-order valence-electron chi connectivity index (χ4n) is 3.27. The lowest BCUT2D eigenvalue weighted by molar-refractivity contribution is 0.111. The van der Waals surface area contributed by atoms with Gasteiger partial charge in [0.15, 0.2) is 0 Å². The zero-order valence-corrected chi connectivity index (χ0v) is 13.6. The van der Waals surface area contributed by atoms with Crippen LogP contribution >= 0.6 is 0 Å². The highest BCUT2D eigenvalue weighted by Crippen LogP contribution is 2.48. The predicted octanol–water partition coefficient (Wildman–Crippen LogP) is 4.64. The second-order valence-electron chi connectivity index (χ2n) is 7.08. The molecule has 2 atom stereocenters. The Morgan fingerprint density at radius 2 is 1.74 bits per heavy atom. The Labute approximate surface area is 120 Å². The number of aliphatic hydroxyl groups is 1. The van der Waals surface area contributed by atoms with E-state index in [-0.39, 0.29) is 10.8 Å². The van der Waals surface area contributed by atoms with Crippen LogP contribution in [0.15, 0.2) is 0 Å². The summed E-state index contributed by atoms with van der Waals surface area (Å²) >= 11 is 0. The van der Waals surface area contributed by atoms with Crippen molar-refractivity contribution in [2.75, 3.05) is 6.61 Å². The molecule has 0 aromatic carbocycles. The van der Waals surface area contributed by atoms with Crippen molar-refractivity contribution in [2.24, 2.45) is 22.7 Å². The summed E-state index contributed by atoms with van der Waals surface area (Å²) in [5.41, 5.74) is 0.494. The molecule has 1 fully saturated rings. The molecule has 1 heteroatoms. The lowest BCUT2D eigenvalue weighted by Crippen LogP contribution is -2.27. The third-order valence-electron chi connectivity index (χ3n) is 5.76. The van der Waals surface area contributed by atoms with Crippen molar-refractivity contribution in [3.8, 4) is 11.8 Å². The van der Waals surface area contributed by atoms with Crippen molar-refractivity contribution in [1.82, 2.24) is 0 Å². The van der Waals surface area contributed by atoms with Gasteiger partial charge in [-0.1, -0.05) is 33.6 Å². The van der Waals surface area contributed by atoms with Gasteiger partial charge >= 0.3 is 0 Å². The predicted molar refractivity (Wildman–Crippen MR) is 82.8 cm³/mol. The Morgan fingerprint density at radius 3 is 2.21 bits per heavy atom. The van der Waals surface area contributed by atoms with E-state index in [0.29, 0.717) is 12.5 Å². The van der Waals surface area contributed by atoms with E-state index in [2.05, 4.69) is 46.5 Å². The van der Waals surface area contributed by atoms with Gasteiger partial charge in [0, 0.05) is 18.4 Å². The van der Waals surface area contributed by atoms with Crippen LogP contribution in [-0.2, 0) is 0 Å². The molecule has 1 N–H and O–H groups in total. The van der Waals surface area contributed by atoms with Crippen molar-refractivity contribution in [1.29, 1.82) is 0 Å². The third kappa shape index (κ3) is 3.99. The van der Waals surface area contributed by atoms with E-state index >= 15 is 0 Å². The first-order valence-corrected chi connectivity index (χ1v) is 8.00. The van der Waals surface area contributed by atoms with Gasteiger partial charge in [-0.05, 0) is 56.3 Å². The molecule has 1 aliphatic rings. The quantitative estimate of drug-likeness (QED) is 0.717. The average Bonchev–Trinajstić information content (AvgIpc) is 2.69. The van der Waals surface area contributed by atoms with Crippen molar-refractivity contribution < 1.29 is 5.11 Å². The smallest absolute Gasteiger partial charge is 0.0464 e. The molecule has 1 rings (SSSR count). The summed E-state index contributed by atoms with van der Waals surface area (Å²) in [7, 11) is 0. The minimum Gasteiger partial charge on any atom is -0.396 e. The maximum atomic E-state index is 9.43. The summed E-state index contributed by atoms with van der Waals surface area (Å²) in [4.78, 5) is 0. The summed E-state index contributed by atoms with van der Waals surface area (Å²) in [5, 5.41) is 9.43. The van der Waals surface area contributed by atoms with Crippen molar-refractivity contribution in [3.63, 3.8) is 0 Å². The molecule has 1 nitrogen and oxygen atoms in total. The zero-order chi connectivity index (χ0) is 14.5. The molecule has 0 radical (unpaired) electrons. The number of hydrogen-bond acceptors (Lipinski definition) is 1. The van der Waals surface area contributed by atoms with Crippen molar-refractivity contribution >= 4 is 0 Å². The third-order valence-corrected chi connectivity index (χ3v) is 5.76. The number of rotatable bonds is 5. The molecule has 1 saturated carbocycles. The molecule has 0 bridgehead atoms. The standard InChI is InChI=1S/C18H32O/c1-6-18(5,7-2)13-9-8-10-15-11-12-16(14-19)17(15,3)4/h15-16,19H,6-8,10-12,14H2,1-5H3. The molecule has 1 aliphatic carbocycles. The fourth-order valence-corrected chi connectivity index (χ4v) is 3.27. The molecular formula is C18H32O. The van der Waals surface area contributed by atoms with Crippen LogP contribution < -0.4 is 0 Å². The molecule has 0 aliphatic heterocycles. The van der Waals surface area contributed by atoms with E-state index in [4.69, 9.17) is 0 Å². The molecule has 0 amide bonds. The van der Waals surface area contributed by atoms with Crippen LogP contribution in [0.5, 0.6) is 0 Å². The summed E-state index contributed by atoms with van der Waals surface area (Å²) in [6.07, 6.45) is 6.93. The summed E-state index contributed by atoms with van der Waals surface area (Å²) < 4.78 is 0. The molecule has 0 saturated heterocycles. The highest BCUT2D eigenvalue weighted by molar-refractivity contribution is 5.10.